The maximum Gasteiger partial charge on any atom is 0.203 e. The number of benzene rings is 4. The smallest absolute Gasteiger partial charge is 0.203 e. The van der Waals surface area contributed by atoms with Crippen LogP contribution in [-0.4, -0.2) is 32.0 Å². The third kappa shape index (κ3) is 5.41. The molecule has 0 amide bonds. The minimum Gasteiger partial charge on any atom is -0.493 e. The number of hydrazone groups is 1. The fourth-order valence-electron chi connectivity index (χ4n) is 5.23. The quantitative estimate of drug-likeness (QED) is 0.193. The van der Waals surface area contributed by atoms with Crippen molar-refractivity contribution in [2.24, 2.45) is 5.10 Å². The van der Waals surface area contributed by atoms with E-state index in [1.807, 2.05) is 71.7 Å². The summed E-state index contributed by atoms with van der Waals surface area (Å²) in [6.07, 6.45) is 2.43. The van der Waals surface area contributed by atoms with Gasteiger partial charge in [-0.15, -0.1) is 0 Å². The third-order valence-electron chi connectivity index (χ3n) is 7.25. The van der Waals surface area contributed by atoms with E-state index in [2.05, 4.69) is 28.5 Å². The van der Waals surface area contributed by atoms with Gasteiger partial charge in [-0.05, 0) is 78.4 Å². The number of anilines is 3. The summed E-state index contributed by atoms with van der Waals surface area (Å²) in [6, 6.07) is 27.6. The van der Waals surface area contributed by atoms with Gasteiger partial charge in [0, 0.05) is 45.0 Å². The number of nitrogens with one attached hydrogen (secondary N) is 1. The second-order valence-corrected chi connectivity index (χ2v) is 10.6. The molecule has 1 aliphatic rings. The van der Waals surface area contributed by atoms with Crippen molar-refractivity contribution in [2.75, 3.05) is 31.7 Å². The molecule has 0 aliphatic carbocycles. The van der Waals surface area contributed by atoms with Gasteiger partial charge in [-0.3, -0.25) is 9.99 Å². The van der Waals surface area contributed by atoms with Crippen molar-refractivity contribution >= 4 is 56.9 Å². The second kappa shape index (κ2) is 11.8. The minimum atomic E-state index is -0.0741. The van der Waals surface area contributed by atoms with E-state index in [9.17, 15) is 0 Å². The molecule has 0 saturated carbocycles. The monoisotopic (exact) mass is 598 g/mol. The van der Waals surface area contributed by atoms with Crippen LogP contribution in [0.5, 0.6) is 17.2 Å². The standard InChI is InChI=1S/C33H28Cl2N4O3/c1-40-31-16-21(17-32(41-2)33(31)42-3)28-19-30(39(38-28)25-10-7-22(34)8-11-25)20-5-4-6-24(15-20)37-27-13-14-36-29-18-23(35)9-12-26(27)29/h4-18,30H,19H2,1-3H3,(H,36,37). The maximum absolute atomic E-state index is 6.23. The minimum absolute atomic E-state index is 0.0741. The summed E-state index contributed by atoms with van der Waals surface area (Å²) in [5.74, 6) is 1.69. The van der Waals surface area contributed by atoms with Crippen LogP contribution in [0.25, 0.3) is 10.9 Å². The Balaban J connectivity index is 1.38. The molecule has 42 heavy (non-hydrogen) atoms. The zero-order chi connectivity index (χ0) is 29.2. The number of rotatable bonds is 8. The number of aromatic nitrogens is 1. The molecule has 5 aromatic rings. The van der Waals surface area contributed by atoms with E-state index in [1.54, 1.807) is 27.5 Å². The lowest BCUT2D eigenvalue weighted by Crippen LogP contribution is -2.18. The van der Waals surface area contributed by atoms with E-state index in [-0.39, 0.29) is 6.04 Å². The fraction of sp³-hybridized carbons (Fsp3) is 0.152. The number of fused-ring (bicyclic) bond motifs is 1. The van der Waals surface area contributed by atoms with Crippen LogP contribution >= 0.6 is 23.2 Å². The van der Waals surface area contributed by atoms with Gasteiger partial charge in [-0.2, -0.15) is 5.10 Å². The Hall–Kier alpha value is -4.46. The van der Waals surface area contributed by atoms with Gasteiger partial charge in [0.2, 0.25) is 5.75 Å². The highest BCUT2D eigenvalue weighted by atomic mass is 35.5. The predicted octanol–water partition coefficient (Wildman–Crippen LogP) is 8.67. The molecular weight excluding hydrogens is 571 g/mol. The number of methoxy groups -OCH3 is 3. The highest BCUT2D eigenvalue weighted by Gasteiger charge is 2.31. The molecule has 1 aliphatic heterocycles. The number of pyridine rings is 1. The average Bonchev–Trinajstić information content (AvgIpc) is 3.46. The summed E-state index contributed by atoms with van der Waals surface area (Å²) >= 11 is 12.4. The molecule has 0 saturated heterocycles. The summed E-state index contributed by atoms with van der Waals surface area (Å²) in [5.41, 5.74) is 6.55. The molecule has 1 aromatic heterocycles. The molecule has 212 valence electrons. The topological polar surface area (TPSA) is 68.2 Å². The first-order valence-electron chi connectivity index (χ1n) is 13.3. The van der Waals surface area contributed by atoms with Crippen LogP contribution in [-0.2, 0) is 0 Å². The van der Waals surface area contributed by atoms with Gasteiger partial charge in [0.05, 0.1) is 44.3 Å². The Morgan fingerprint density at radius 1 is 0.810 bits per heavy atom. The zero-order valence-corrected chi connectivity index (χ0v) is 24.8. The first kappa shape index (κ1) is 27.7. The maximum atomic E-state index is 6.23. The van der Waals surface area contributed by atoms with Crippen LogP contribution in [0.2, 0.25) is 10.0 Å². The number of halogens is 2. The van der Waals surface area contributed by atoms with E-state index < -0.39 is 0 Å². The SMILES string of the molecule is COc1cc(C2=NN(c3ccc(Cl)cc3)C(c3cccc(Nc4ccnc5cc(Cl)ccc45)c3)C2)cc(OC)c1OC. The van der Waals surface area contributed by atoms with Crippen LogP contribution < -0.4 is 24.5 Å². The molecule has 0 fully saturated rings. The van der Waals surface area contributed by atoms with Gasteiger partial charge in [0.25, 0.3) is 0 Å². The summed E-state index contributed by atoms with van der Waals surface area (Å²) < 4.78 is 16.8. The van der Waals surface area contributed by atoms with Gasteiger partial charge < -0.3 is 19.5 Å². The van der Waals surface area contributed by atoms with Crippen molar-refractivity contribution in [2.45, 2.75) is 12.5 Å². The van der Waals surface area contributed by atoms with E-state index in [0.29, 0.717) is 33.7 Å². The van der Waals surface area contributed by atoms with Gasteiger partial charge in [0.1, 0.15) is 0 Å². The van der Waals surface area contributed by atoms with Crippen LogP contribution in [0, 0.1) is 0 Å². The van der Waals surface area contributed by atoms with Crippen molar-refractivity contribution < 1.29 is 14.2 Å². The van der Waals surface area contributed by atoms with Crippen molar-refractivity contribution in [1.29, 1.82) is 0 Å². The Morgan fingerprint density at radius 2 is 1.55 bits per heavy atom. The molecule has 7 nitrogen and oxygen atoms in total. The van der Waals surface area contributed by atoms with Gasteiger partial charge in [-0.25, -0.2) is 0 Å². The summed E-state index contributed by atoms with van der Waals surface area (Å²) in [4.78, 5) is 4.47. The first-order valence-corrected chi connectivity index (χ1v) is 14.1. The van der Waals surface area contributed by atoms with Crippen molar-refractivity contribution in [1.82, 2.24) is 4.98 Å². The van der Waals surface area contributed by atoms with Crippen LogP contribution in [0.1, 0.15) is 23.6 Å². The number of nitrogens with zero attached hydrogens (tertiary/aromatic N) is 3. The van der Waals surface area contributed by atoms with E-state index >= 15 is 0 Å². The number of hydrogen-bond acceptors (Lipinski definition) is 7. The zero-order valence-electron chi connectivity index (χ0n) is 23.3. The first-order chi connectivity index (χ1) is 20.5. The van der Waals surface area contributed by atoms with E-state index in [1.165, 1.54) is 0 Å². The third-order valence-corrected chi connectivity index (χ3v) is 7.74. The molecule has 9 heteroatoms. The summed E-state index contributed by atoms with van der Waals surface area (Å²) in [5, 5.41) is 13.0. The summed E-state index contributed by atoms with van der Waals surface area (Å²) in [7, 11) is 4.81. The molecule has 0 bridgehead atoms. The van der Waals surface area contributed by atoms with Crippen molar-refractivity contribution in [3.05, 3.63) is 112 Å². The molecule has 6 rings (SSSR count). The molecule has 2 heterocycles. The van der Waals surface area contributed by atoms with Gasteiger partial charge >= 0.3 is 0 Å². The molecule has 0 spiro atoms. The van der Waals surface area contributed by atoms with Crippen molar-refractivity contribution in [3.63, 3.8) is 0 Å². The molecule has 4 aromatic carbocycles. The second-order valence-electron chi connectivity index (χ2n) is 9.77. The lowest BCUT2D eigenvalue weighted by atomic mass is 9.97. The lowest BCUT2D eigenvalue weighted by molar-refractivity contribution is 0.324. The highest BCUT2D eigenvalue weighted by Crippen LogP contribution is 2.42. The van der Waals surface area contributed by atoms with E-state index in [0.717, 1.165) is 44.8 Å². The fourth-order valence-corrected chi connectivity index (χ4v) is 5.53. The number of hydrogen-bond donors (Lipinski definition) is 1. The Bertz CT molecular complexity index is 1770. The molecule has 0 radical (unpaired) electrons. The van der Waals surface area contributed by atoms with Crippen LogP contribution in [0.15, 0.2) is 96.2 Å². The predicted molar refractivity (Wildman–Crippen MR) is 170 cm³/mol. The molecule has 1 N–H and O–H groups in total. The molecule has 1 atom stereocenters. The highest BCUT2D eigenvalue weighted by molar-refractivity contribution is 6.31. The lowest BCUT2D eigenvalue weighted by Gasteiger charge is -2.24. The molecule has 1 unspecified atom stereocenters. The number of ether oxygens (including phenoxy) is 3. The largest absolute Gasteiger partial charge is 0.493 e. The average molecular weight is 600 g/mol. The molecular formula is C33H28Cl2N4O3. The Kier molecular flexibility index (Phi) is 7.78. The van der Waals surface area contributed by atoms with Gasteiger partial charge in [0.15, 0.2) is 11.5 Å². The van der Waals surface area contributed by atoms with Crippen molar-refractivity contribution in [3.8, 4) is 17.2 Å². The van der Waals surface area contributed by atoms with Gasteiger partial charge in [-0.1, -0.05) is 35.3 Å². The Morgan fingerprint density at radius 3 is 2.26 bits per heavy atom. The van der Waals surface area contributed by atoms with E-state index in [4.69, 9.17) is 42.5 Å². The summed E-state index contributed by atoms with van der Waals surface area (Å²) in [6.45, 7) is 0. The van der Waals surface area contributed by atoms with Crippen LogP contribution in [0.3, 0.4) is 0 Å². The van der Waals surface area contributed by atoms with Crippen LogP contribution in [0.4, 0.5) is 17.1 Å². The Labute approximate surface area is 254 Å². The normalized spacial score (nSPS) is 14.5.